The van der Waals surface area contributed by atoms with Gasteiger partial charge in [0.2, 0.25) is 5.91 Å². The highest BCUT2D eigenvalue weighted by Crippen LogP contribution is 2.08. The molecule has 1 fully saturated rings. The molecule has 4 heteroatoms. The Labute approximate surface area is 79.7 Å². The Balaban J connectivity index is 2.72. The highest BCUT2D eigenvalue weighted by atomic mass is 16.2. The number of rotatable bonds is 2. The maximum atomic E-state index is 11.7. The van der Waals surface area contributed by atoms with Crippen LogP contribution >= 0.6 is 0 Å². The van der Waals surface area contributed by atoms with Gasteiger partial charge in [-0.1, -0.05) is 6.92 Å². The molecule has 76 valence electrons. The molecule has 0 bridgehead atoms. The number of hydrogen-bond acceptors (Lipinski definition) is 3. The lowest BCUT2D eigenvalue weighted by atomic mass is 10.2. The van der Waals surface area contributed by atoms with E-state index < -0.39 is 0 Å². The van der Waals surface area contributed by atoms with Gasteiger partial charge in [0.15, 0.2) is 0 Å². The number of likely N-dealkylation sites (N-methyl/N-ethyl adjacent to an activating group) is 2. The fourth-order valence-corrected chi connectivity index (χ4v) is 1.82. The molecule has 0 aliphatic carbocycles. The lowest BCUT2D eigenvalue weighted by molar-refractivity contribution is -0.133. The molecular formula is C9H19N3O. The van der Waals surface area contributed by atoms with Crippen molar-refractivity contribution in [1.29, 1.82) is 0 Å². The maximum Gasteiger partial charge on any atom is 0.240 e. The van der Waals surface area contributed by atoms with Crippen LogP contribution in [0.3, 0.4) is 0 Å². The summed E-state index contributed by atoms with van der Waals surface area (Å²) in [5, 5.41) is 0. The maximum absolute atomic E-state index is 11.7. The van der Waals surface area contributed by atoms with Crippen molar-refractivity contribution >= 4 is 5.91 Å². The van der Waals surface area contributed by atoms with E-state index in [0.717, 1.165) is 26.1 Å². The van der Waals surface area contributed by atoms with Crippen LogP contribution in [-0.4, -0.2) is 55.0 Å². The quantitative estimate of drug-likeness (QED) is 0.631. The minimum Gasteiger partial charge on any atom is -0.344 e. The summed E-state index contributed by atoms with van der Waals surface area (Å²) in [6, 6.07) is -0.0995. The summed E-state index contributed by atoms with van der Waals surface area (Å²) < 4.78 is 0. The lowest BCUT2D eigenvalue weighted by Crippen LogP contribution is -2.48. The molecule has 1 unspecified atom stereocenters. The van der Waals surface area contributed by atoms with Crippen LogP contribution in [0.1, 0.15) is 13.3 Å². The van der Waals surface area contributed by atoms with Crippen molar-refractivity contribution in [2.24, 2.45) is 5.73 Å². The molecular weight excluding hydrogens is 166 g/mol. The van der Waals surface area contributed by atoms with Crippen molar-refractivity contribution in [2.75, 3.05) is 33.2 Å². The van der Waals surface area contributed by atoms with Crippen LogP contribution in [0.5, 0.6) is 0 Å². The average molecular weight is 185 g/mol. The van der Waals surface area contributed by atoms with Crippen LogP contribution in [0.25, 0.3) is 0 Å². The zero-order valence-corrected chi connectivity index (χ0v) is 8.49. The third-order valence-electron chi connectivity index (χ3n) is 2.67. The standard InChI is InChI=1S/C9H19N3O/c1-3-12-6-4-5-11(2)9(13)8(12)7-10/h8H,3-7,10H2,1-2H3. The summed E-state index contributed by atoms with van der Waals surface area (Å²) in [7, 11) is 1.85. The number of amides is 1. The third-order valence-corrected chi connectivity index (χ3v) is 2.67. The van der Waals surface area contributed by atoms with Crippen molar-refractivity contribution in [2.45, 2.75) is 19.4 Å². The second-order valence-electron chi connectivity index (χ2n) is 3.49. The summed E-state index contributed by atoms with van der Waals surface area (Å²) in [6.45, 7) is 5.24. The van der Waals surface area contributed by atoms with Gasteiger partial charge in [-0.3, -0.25) is 9.69 Å². The number of hydrogen-bond donors (Lipinski definition) is 1. The zero-order valence-electron chi connectivity index (χ0n) is 8.49. The van der Waals surface area contributed by atoms with Crippen molar-refractivity contribution < 1.29 is 4.79 Å². The molecule has 1 rings (SSSR count). The van der Waals surface area contributed by atoms with E-state index in [1.807, 2.05) is 7.05 Å². The normalized spacial score (nSPS) is 26.2. The molecule has 0 spiro atoms. The molecule has 1 aliphatic heterocycles. The van der Waals surface area contributed by atoms with E-state index in [1.54, 1.807) is 4.90 Å². The van der Waals surface area contributed by atoms with Gasteiger partial charge in [0.1, 0.15) is 6.04 Å². The Morgan fingerprint density at radius 2 is 2.23 bits per heavy atom. The second-order valence-corrected chi connectivity index (χ2v) is 3.49. The Kier molecular flexibility index (Phi) is 3.69. The monoisotopic (exact) mass is 185 g/mol. The molecule has 1 saturated heterocycles. The molecule has 0 saturated carbocycles. The Morgan fingerprint density at radius 3 is 2.77 bits per heavy atom. The molecule has 4 nitrogen and oxygen atoms in total. The number of nitrogens with two attached hydrogens (primary N) is 1. The fraction of sp³-hybridized carbons (Fsp3) is 0.889. The molecule has 2 N–H and O–H groups in total. The third kappa shape index (κ3) is 2.19. The van der Waals surface area contributed by atoms with E-state index in [2.05, 4.69) is 11.8 Å². The largest absolute Gasteiger partial charge is 0.344 e. The van der Waals surface area contributed by atoms with Crippen LogP contribution in [-0.2, 0) is 4.79 Å². The van der Waals surface area contributed by atoms with Gasteiger partial charge < -0.3 is 10.6 Å². The summed E-state index contributed by atoms with van der Waals surface area (Å²) in [4.78, 5) is 15.7. The average Bonchev–Trinajstić information content (AvgIpc) is 2.27. The van der Waals surface area contributed by atoms with Gasteiger partial charge in [-0.25, -0.2) is 0 Å². The van der Waals surface area contributed by atoms with Gasteiger partial charge in [0.05, 0.1) is 0 Å². The van der Waals surface area contributed by atoms with Gasteiger partial charge in [-0.05, 0) is 13.0 Å². The molecule has 0 aromatic heterocycles. The Hall–Kier alpha value is -0.610. The second kappa shape index (κ2) is 4.58. The molecule has 0 aromatic carbocycles. The van der Waals surface area contributed by atoms with Crippen LogP contribution in [0, 0.1) is 0 Å². The van der Waals surface area contributed by atoms with Crippen molar-refractivity contribution in [3.8, 4) is 0 Å². The minimum absolute atomic E-state index is 0.0995. The molecule has 1 atom stereocenters. The van der Waals surface area contributed by atoms with E-state index in [4.69, 9.17) is 5.73 Å². The van der Waals surface area contributed by atoms with E-state index >= 15 is 0 Å². The first kappa shape index (κ1) is 10.5. The van der Waals surface area contributed by atoms with Gasteiger partial charge in [0, 0.05) is 26.7 Å². The highest BCUT2D eigenvalue weighted by Gasteiger charge is 2.28. The zero-order chi connectivity index (χ0) is 9.84. The van der Waals surface area contributed by atoms with Crippen LogP contribution in [0.2, 0.25) is 0 Å². The predicted octanol–water partition coefficient (Wildman–Crippen LogP) is -0.502. The molecule has 1 heterocycles. The first-order chi connectivity index (χ1) is 6.20. The molecule has 13 heavy (non-hydrogen) atoms. The van der Waals surface area contributed by atoms with Crippen molar-refractivity contribution in [1.82, 2.24) is 9.80 Å². The van der Waals surface area contributed by atoms with E-state index in [9.17, 15) is 4.79 Å². The van der Waals surface area contributed by atoms with E-state index in [0.29, 0.717) is 6.54 Å². The summed E-state index contributed by atoms with van der Waals surface area (Å²) >= 11 is 0. The first-order valence-electron chi connectivity index (χ1n) is 4.89. The fourth-order valence-electron chi connectivity index (χ4n) is 1.82. The van der Waals surface area contributed by atoms with Gasteiger partial charge in [0.25, 0.3) is 0 Å². The van der Waals surface area contributed by atoms with Crippen LogP contribution < -0.4 is 5.73 Å². The van der Waals surface area contributed by atoms with Gasteiger partial charge >= 0.3 is 0 Å². The lowest BCUT2D eigenvalue weighted by Gasteiger charge is -2.27. The van der Waals surface area contributed by atoms with E-state index in [-0.39, 0.29) is 11.9 Å². The number of carbonyl (C=O) groups excluding carboxylic acids is 1. The van der Waals surface area contributed by atoms with Crippen LogP contribution in [0.4, 0.5) is 0 Å². The molecule has 0 radical (unpaired) electrons. The number of nitrogens with zero attached hydrogens (tertiary/aromatic N) is 2. The molecule has 1 aliphatic rings. The first-order valence-corrected chi connectivity index (χ1v) is 4.89. The SMILES string of the molecule is CCN1CCCN(C)C(=O)C1CN. The smallest absolute Gasteiger partial charge is 0.240 e. The Morgan fingerprint density at radius 1 is 1.54 bits per heavy atom. The van der Waals surface area contributed by atoms with E-state index in [1.165, 1.54) is 0 Å². The molecule has 1 amide bonds. The summed E-state index contributed by atoms with van der Waals surface area (Å²) in [6.07, 6.45) is 1.05. The summed E-state index contributed by atoms with van der Waals surface area (Å²) in [5.41, 5.74) is 5.60. The van der Waals surface area contributed by atoms with Crippen molar-refractivity contribution in [3.05, 3.63) is 0 Å². The van der Waals surface area contributed by atoms with Crippen LogP contribution in [0.15, 0.2) is 0 Å². The number of carbonyl (C=O) groups is 1. The van der Waals surface area contributed by atoms with Gasteiger partial charge in [-0.2, -0.15) is 0 Å². The van der Waals surface area contributed by atoms with Gasteiger partial charge in [-0.15, -0.1) is 0 Å². The molecule has 0 aromatic rings. The van der Waals surface area contributed by atoms with Crippen molar-refractivity contribution in [3.63, 3.8) is 0 Å². The topological polar surface area (TPSA) is 49.6 Å². The summed E-state index contributed by atoms with van der Waals surface area (Å²) in [5.74, 6) is 0.168. The predicted molar refractivity (Wildman–Crippen MR) is 52.3 cm³/mol. The highest BCUT2D eigenvalue weighted by molar-refractivity contribution is 5.82. The minimum atomic E-state index is -0.0995. The Bertz CT molecular complexity index is 184.